The van der Waals surface area contributed by atoms with E-state index < -0.39 is 10.8 Å². The number of hydrogen-bond acceptors (Lipinski definition) is 5. The molecule has 3 aromatic carbocycles. The van der Waals surface area contributed by atoms with Crippen molar-refractivity contribution in [2.45, 2.75) is 5.92 Å². The third kappa shape index (κ3) is 2.65. The van der Waals surface area contributed by atoms with Crippen molar-refractivity contribution in [3.8, 4) is 11.8 Å². The summed E-state index contributed by atoms with van der Waals surface area (Å²) in [5.74, 6) is -0.0125. The van der Waals surface area contributed by atoms with E-state index in [-0.39, 0.29) is 22.2 Å². The summed E-state index contributed by atoms with van der Waals surface area (Å²) < 4.78 is 5.79. The van der Waals surface area contributed by atoms with Crippen LogP contribution >= 0.6 is 11.6 Å². The molecule has 1 atom stereocenters. The van der Waals surface area contributed by atoms with Gasteiger partial charge in [-0.25, -0.2) is 0 Å². The molecule has 0 saturated heterocycles. The van der Waals surface area contributed by atoms with Gasteiger partial charge in [0.15, 0.2) is 0 Å². The number of benzene rings is 3. The Balaban J connectivity index is 1.99. The quantitative estimate of drug-likeness (QED) is 0.518. The van der Waals surface area contributed by atoms with E-state index in [9.17, 15) is 15.4 Å². The molecule has 132 valence electrons. The SMILES string of the molecule is N#CC1=C(N)Oc2c(ccc3ccccc23)[C@H]1c1ccc([N+](=O)[O-])cc1Cl. The van der Waals surface area contributed by atoms with Gasteiger partial charge in [0, 0.05) is 23.1 Å². The van der Waals surface area contributed by atoms with Gasteiger partial charge in [0.05, 0.1) is 15.9 Å². The first-order valence-corrected chi connectivity index (χ1v) is 8.42. The van der Waals surface area contributed by atoms with E-state index in [1.54, 1.807) is 6.07 Å². The fourth-order valence-electron chi connectivity index (χ4n) is 3.37. The first-order chi connectivity index (χ1) is 13.0. The molecule has 4 rings (SSSR count). The predicted molar refractivity (Wildman–Crippen MR) is 101 cm³/mol. The van der Waals surface area contributed by atoms with Crippen molar-refractivity contribution in [3.05, 3.63) is 92.3 Å². The molecule has 0 spiro atoms. The second kappa shape index (κ2) is 6.31. The predicted octanol–water partition coefficient (Wildman–Crippen LogP) is 4.62. The number of hydrogen-bond donors (Lipinski definition) is 1. The van der Waals surface area contributed by atoms with Crippen molar-refractivity contribution in [1.29, 1.82) is 5.26 Å². The zero-order valence-corrected chi connectivity index (χ0v) is 14.6. The summed E-state index contributed by atoms with van der Waals surface area (Å²) in [5.41, 5.74) is 7.42. The number of rotatable bonds is 2. The van der Waals surface area contributed by atoms with Crippen molar-refractivity contribution in [3.63, 3.8) is 0 Å². The first-order valence-electron chi connectivity index (χ1n) is 8.04. The first kappa shape index (κ1) is 16.9. The zero-order chi connectivity index (χ0) is 19.1. The van der Waals surface area contributed by atoms with Gasteiger partial charge in [-0.3, -0.25) is 10.1 Å². The fourth-order valence-corrected chi connectivity index (χ4v) is 3.65. The van der Waals surface area contributed by atoms with Gasteiger partial charge in [-0.15, -0.1) is 0 Å². The van der Waals surface area contributed by atoms with Crippen molar-refractivity contribution in [2.75, 3.05) is 0 Å². The Morgan fingerprint density at radius 2 is 1.89 bits per heavy atom. The number of ether oxygens (including phenoxy) is 1. The normalized spacial score (nSPS) is 15.8. The van der Waals surface area contributed by atoms with Crippen molar-refractivity contribution >= 4 is 28.1 Å². The van der Waals surface area contributed by atoms with E-state index in [2.05, 4.69) is 6.07 Å². The molecule has 1 aliphatic rings. The molecule has 0 saturated carbocycles. The molecule has 7 heteroatoms. The Labute approximate surface area is 159 Å². The van der Waals surface area contributed by atoms with Gasteiger partial charge in [-0.05, 0) is 17.0 Å². The summed E-state index contributed by atoms with van der Waals surface area (Å²) in [4.78, 5) is 10.5. The molecule has 3 aromatic rings. The molecule has 0 bridgehead atoms. The summed E-state index contributed by atoms with van der Waals surface area (Å²) in [7, 11) is 0. The van der Waals surface area contributed by atoms with E-state index in [1.165, 1.54) is 12.1 Å². The lowest BCUT2D eigenvalue weighted by Crippen LogP contribution is -2.21. The van der Waals surface area contributed by atoms with Crippen LogP contribution in [0.15, 0.2) is 66.1 Å². The Kier molecular flexibility index (Phi) is 3.94. The molecular weight excluding hydrogens is 366 g/mol. The summed E-state index contributed by atoms with van der Waals surface area (Å²) >= 11 is 6.34. The minimum absolute atomic E-state index is 0.000715. The maximum atomic E-state index is 11.0. The molecule has 0 fully saturated rings. The molecule has 27 heavy (non-hydrogen) atoms. The number of halogens is 1. The maximum absolute atomic E-state index is 11.0. The number of nitro groups is 1. The largest absolute Gasteiger partial charge is 0.440 e. The molecule has 1 aliphatic heterocycles. The van der Waals surface area contributed by atoms with Gasteiger partial charge >= 0.3 is 0 Å². The smallest absolute Gasteiger partial charge is 0.270 e. The van der Waals surface area contributed by atoms with Crippen LogP contribution in [0, 0.1) is 21.4 Å². The van der Waals surface area contributed by atoms with Crippen LogP contribution in [-0.2, 0) is 0 Å². The average molecular weight is 378 g/mol. The van der Waals surface area contributed by atoms with Crippen LogP contribution in [0.2, 0.25) is 5.02 Å². The van der Waals surface area contributed by atoms with Gasteiger partial charge < -0.3 is 10.5 Å². The van der Waals surface area contributed by atoms with Crippen LogP contribution in [-0.4, -0.2) is 4.92 Å². The Hall–Kier alpha value is -3.56. The molecule has 6 nitrogen and oxygen atoms in total. The molecule has 2 N–H and O–H groups in total. The number of non-ortho nitro benzene ring substituents is 1. The number of nitro benzene ring substituents is 1. The van der Waals surface area contributed by atoms with Crippen LogP contribution < -0.4 is 10.5 Å². The Bertz CT molecular complexity index is 1180. The van der Waals surface area contributed by atoms with Crippen LogP contribution in [0.3, 0.4) is 0 Å². The maximum Gasteiger partial charge on any atom is 0.270 e. The number of fused-ring (bicyclic) bond motifs is 3. The summed E-state index contributed by atoms with van der Waals surface area (Å²) in [6.45, 7) is 0. The molecule has 0 radical (unpaired) electrons. The van der Waals surface area contributed by atoms with Gasteiger partial charge in [-0.1, -0.05) is 48.0 Å². The standard InChI is InChI=1S/C20H12ClN3O3/c21-17-9-12(24(25)26)6-8-14(17)18-15-7-5-11-3-1-2-4-13(11)19(15)27-20(23)16(18)10-22/h1-9,18H,23H2/t18-/m1/s1. The second-order valence-electron chi connectivity index (χ2n) is 6.09. The topological polar surface area (TPSA) is 102 Å². The van der Waals surface area contributed by atoms with Crippen LogP contribution in [0.1, 0.15) is 17.0 Å². The summed E-state index contributed by atoms with van der Waals surface area (Å²) in [5, 5.41) is 22.7. The lowest BCUT2D eigenvalue weighted by Gasteiger charge is -2.28. The highest BCUT2D eigenvalue weighted by Crippen LogP contribution is 2.47. The van der Waals surface area contributed by atoms with E-state index in [4.69, 9.17) is 22.1 Å². The Morgan fingerprint density at radius 3 is 2.59 bits per heavy atom. The van der Waals surface area contributed by atoms with Gasteiger partial charge in [0.1, 0.15) is 17.4 Å². The van der Waals surface area contributed by atoms with Crippen LogP contribution in [0.25, 0.3) is 10.8 Å². The van der Waals surface area contributed by atoms with Gasteiger partial charge in [0.25, 0.3) is 5.69 Å². The number of nitrogens with zero attached hydrogens (tertiary/aromatic N) is 2. The molecule has 0 unspecified atom stereocenters. The van der Waals surface area contributed by atoms with E-state index in [0.717, 1.165) is 16.3 Å². The van der Waals surface area contributed by atoms with E-state index >= 15 is 0 Å². The molecule has 0 aliphatic carbocycles. The summed E-state index contributed by atoms with van der Waals surface area (Å²) in [6, 6.07) is 17.8. The zero-order valence-electron chi connectivity index (χ0n) is 13.8. The number of allylic oxidation sites excluding steroid dienone is 1. The highest BCUT2D eigenvalue weighted by molar-refractivity contribution is 6.31. The third-order valence-electron chi connectivity index (χ3n) is 4.61. The van der Waals surface area contributed by atoms with Crippen LogP contribution in [0.5, 0.6) is 5.75 Å². The molecule has 0 amide bonds. The second-order valence-corrected chi connectivity index (χ2v) is 6.50. The van der Waals surface area contributed by atoms with Crippen LogP contribution in [0.4, 0.5) is 5.69 Å². The molecular formula is C20H12ClN3O3. The van der Waals surface area contributed by atoms with Gasteiger partial charge in [0.2, 0.25) is 5.88 Å². The highest BCUT2D eigenvalue weighted by atomic mass is 35.5. The lowest BCUT2D eigenvalue weighted by molar-refractivity contribution is -0.384. The number of nitriles is 1. The fraction of sp³-hybridized carbons (Fsp3) is 0.0500. The number of nitrogens with two attached hydrogens (primary N) is 1. The minimum Gasteiger partial charge on any atom is -0.440 e. The van der Waals surface area contributed by atoms with Crippen molar-refractivity contribution < 1.29 is 9.66 Å². The Morgan fingerprint density at radius 1 is 1.15 bits per heavy atom. The van der Waals surface area contributed by atoms with Crippen molar-refractivity contribution in [2.24, 2.45) is 5.73 Å². The molecule has 1 heterocycles. The molecule has 0 aromatic heterocycles. The lowest BCUT2D eigenvalue weighted by atomic mass is 9.82. The van der Waals surface area contributed by atoms with Gasteiger partial charge in [-0.2, -0.15) is 5.26 Å². The van der Waals surface area contributed by atoms with E-state index in [1.807, 2.05) is 36.4 Å². The minimum atomic E-state index is -0.573. The highest BCUT2D eigenvalue weighted by Gasteiger charge is 2.33. The third-order valence-corrected chi connectivity index (χ3v) is 4.94. The monoisotopic (exact) mass is 377 g/mol. The van der Waals surface area contributed by atoms with E-state index in [0.29, 0.717) is 11.3 Å². The summed E-state index contributed by atoms with van der Waals surface area (Å²) in [6.07, 6.45) is 0. The van der Waals surface area contributed by atoms with Crippen molar-refractivity contribution in [1.82, 2.24) is 0 Å². The average Bonchev–Trinajstić information content (AvgIpc) is 2.67.